The number of rotatable bonds is 2. The molecule has 15 heavy (non-hydrogen) atoms. The molecule has 1 fully saturated rings. The standard InChI is InChI=1S/C13H15NO/c1-3-13(2)10-15-11-14(13)9-12-7-5-4-6-8-12/h1,4-8H,9-11H2,2H3. The second-order valence-corrected chi connectivity index (χ2v) is 4.08. The Morgan fingerprint density at radius 1 is 1.47 bits per heavy atom. The first kappa shape index (κ1) is 10.2. The van der Waals surface area contributed by atoms with Gasteiger partial charge in [0.15, 0.2) is 0 Å². The van der Waals surface area contributed by atoms with E-state index >= 15 is 0 Å². The van der Waals surface area contributed by atoms with Crippen molar-refractivity contribution < 1.29 is 4.74 Å². The molecule has 1 aliphatic heterocycles. The van der Waals surface area contributed by atoms with E-state index in [2.05, 4.69) is 23.0 Å². The quantitative estimate of drug-likeness (QED) is 0.677. The molecular weight excluding hydrogens is 186 g/mol. The molecule has 1 heterocycles. The Hall–Kier alpha value is -1.30. The van der Waals surface area contributed by atoms with Gasteiger partial charge in [0, 0.05) is 6.54 Å². The van der Waals surface area contributed by atoms with E-state index in [1.165, 1.54) is 5.56 Å². The number of hydrogen-bond donors (Lipinski definition) is 0. The molecule has 0 bridgehead atoms. The lowest BCUT2D eigenvalue weighted by Crippen LogP contribution is -2.41. The molecule has 1 aromatic rings. The van der Waals surface area contributed by atoms with Gasteiger partial charge in [-0.3, -0.25) is 4.90 Å². The van der Waals surface area contributed by atoms with Crippen LogP contribution >= 0.6 is 0 Å². The van der Waals surface area contributed by atoms with Gasteiger partial charge in [-0.25, -0.2) is 0 Å². The van der Waals surface area contributed by atoms with Crippen molar-refractivity contribution in [1.82, 2.24) is 4.90 Å². The number of ether oxygens (including phenoxy) is 1. The second-order valence-electron chi connectivity index (χ2n) is 4.08. The molecule has 78 valence electrons. The Balaban J connectivity index is 2.10. The molecule has 0 radical (unpaired) electrons. The number of nitrogens with zero attached hydrogens (tertiary/aromatic N) is 1. The maximum atomic E-state index is 5.54. The minimum Gasteiger partial charge on any atom is -0.363 e. The first-order valence-corrected chi connectivity index (χ1v) is 5.09. The summed E-state index contributed by atoms with van der Waals surface area (Å²) in [6.07, 6.45) is 5.54. The minimum atomic E-state index is -0.254. The van der Waals surface area contributed by atoms with Crippen molar-refractivity contribution in [3.63, 3.8) is 0 Å². The minimum absolute atomic E-state index is 0.254. The smallest absolute Gasteiger partial charge is 0.105 e. The van der Waals surface area contributed by atoms with E-state index in [9.17, 15) is 0 Å². The third-order valence-electron chi connectivity index (χ3n) is 2.86. The van der Waals surface area contributed by atoms with Crippen LogP contribution in [0.4, 0.5) is 0 Å². The molecule has 0 N–H and O–H groups in total. The van der Waals surface area contributed by atoms with Gasteiger partial charge >= 0.3 is 0 Å². The van der Waals surface area contributed by atoms with Gasteiger partial charge in [0.25, 0.3) is 0 Å². The average Bonchev–Trinajstić information content (AvgIpc) is 2.63. The molecule has 1 unspecified atom stereocenters. The highest BCUT2D eigenvalue weighted by Gasteiger charge is 2.35. The third-order valence-corrected chi connectivity index (χ3v) is 2.86. The van der Waals surface area contributed by atoms with Crippen LogP contribution in [0.2, 0.25) is 0 Å². The van der Waals surface area contributed by atoms with Crippen molar-refractivity contribution in [2.75, 3.05) is 13.3 Å². The summed E-state index contributed by atoms with van der Waals surface area (Å²) in [5.41, 5.74) is 1.01. The normalized spacial score (nSPS) is 26.4. The fraction of sp³-hybridized carbons (Fsp3) is 0.385. The molecule has 0 amide bonds. The molecule has 2 nitrogen and oxygen atoms in total. The lowest BCUT2D eigenvalue weighted by molar-refractivity contribution is 0.131. The van der Waals surface area contributed by atoms with Gasteiger partial charge in [-0.2, -0.15) is 0 Å². The van der Waals surface area contributed by atoms with Gasteiger partial charge in [0.2, 0.25) is 0 Å². The Bertz CT molecular complexity index is 368. The van der Waals surface area contributed by atoms with Crippen LogP contribution in [0, 0.1) is 12.3 Å². The van der Waals surface area contributed by atoms with Gasteiger partial charge < -0.3 is 4.74 Å². The summed E-state index contributed by atoms with van der Waals surface area (Å²) >= 11 is 0. The van der Waals surface area contributed by atoms with Crippen LogP contribution in [0.1, 0.15) is 12.5 Å². The zero-order valence-electron chi connectivity index (χ0n) is 8.94. The molecule has 1 atom stereocenters. The largest absolute Gasteiger partial charge is 0.363 e. The summed E-state index contributed by atoms with van der Waals surface area (Å²) in [6, 6.07) is 10.3. The topological polar surface area (TPSA) is 12.5 Å². The molecule has 0 saturated carbocycles. The van der Waals surface area contributed by atoms with E-state index in [0.717, 1.165) is 6.54 Å². The van der Waals surface area contributed by atoms with Crippen LogP contribution in [0.3, 0.4) is 0 Å². The van der Waals surface area contributed by atoms with Crippen molar-refractivity contribution in [3.05, 3.63) is 35.9 Å². The zero-order valence-corrected chi connectivity index (χ0v) is 8.94. The van der Waals surface area contributed by atoms with Crippen molar-refractivity contribution >= 4 is 0 Å². The Morgan fingerprint density at radius 2 is 2.20 bits per heavy atom. The fourth-order valence-electron chi connectivity index (χ4n) is 1.75. The third kappa shape index (κ3) is 2.04. The van der Waals surface area contributed by atoms with Crippen molar-refractivity contribution in [2.45, 2.75) is 19.0 Å². The highest BCUT2D eigenvalue weighted by Crippen LogP contribution is 2.23. The van der Waals surface area contributed by atoms with E-state index in [1.807, 2.05) is 25.1 Å². The summed E-state index contributed by atoms with van der Waals surface area (Å²) in [5, 5.41) is 0. The molecular formula is C13H15NO. The van der Waals surface area contributed by atoms with E-state index < -0.39 is 0 Å². The van der Waals surface area contributed by atoms with Crippen LogP contribution in [0.25, 0.3) is 0 Å². The van der Waals surface area contributed by atoms with E-state index in [-0.39, 0.29) is 5.54 Å². The zero-order chi connectivity index (χ0) is 10.7. The van der Waals surface area contributed by atoms with Crippen LogP contribution in [-0.4, -0.2) is 23.8 Å². The first-order valence-electron chi connectivity index (χ1n) is 5.09. The molecule has 0 aromatic heterocycles. The van der Waals surface area contributed by atoms with E-state index in [4.69, 9.17) is 11.2 Å². The fourth-order valence-corrected chi connectivity index (χ4v) is 1.75. The van der Waals surface area contributed by atoms with Crippen LogP contribution in [-0.2, 0) is 11.3 Å². The summed E-state index contributed by atoms with van der Waals surface area (Å²) < 4.78 is 5.42. The SMILES string of the molecule is C#CC1(C)COCN1Cc1ccccc1. The summed E-state index contributed by atoms with van der Waals surface area (Å²) in [7, 11) is 0. The highest BCUT2D eigenvalue weighted by molar-refractivity contribution is 5.18. The van der Waals surface area contributed by atoms with Gasteiger partial charge in [-0.05, 0) is 12.5 Å². The summed E-state index contributed by atoms with van der Waals surface area (Å²) in [5.74, 6) is 2.81. The molecule has 2 rings (SSSR count). The van der Waals surface area contributed by atoms with E-state index in [1.54, 1.807) is 0 Å². The number of terminal acetylenes is 1. The number of benzene rings is 1. The van der Waals surface area contributed by atoms with Crippen LogP contribution in [0.15, 0.2) is 30.3 Å². The van der Waals surface area contributed by atoms with Gasteiger partial charge in [-0.15, -0.1) is 6.42 Å². The second kappa shape index (κ2) is 4.06. The maximum Gasteiger partial charge on any atom is 0.105 e. The van der Waals surface area contributed by atoms with Crippen molar-refractivity contribution in [1.29, 1.82) is 0 Å². The summed E-state index contributed by atoms with van der Waals surface area (Å²) in [6.45, 7) is 4.14. The van der Waals surface area contributed by atoms with Gasteiger partial charge in [0.1, 0.15) is 12.3 Å². The molecule has 0 aliphatic carbocycles. The monoisotopic (exact) mass is 201 g/mol. The summed E-state index contributed by atoms with van der Waals surface area (Å²) in [4.78, 5) is 2.18. The molecule has 1 aromatic carbocycles. The molecule has 1 aliphatic rings. The predicted molar refractivity (Wildman–Crippen MR) is 60.0 cm³/mol. The molecule has 1 saturated heterocycles. The van der Waals surface area contributed by atoms with Crippen molar-refractivity contribution in [3.8, 4) is 12.3 Å². The van der Waals surface area contributed by atoms with Crippen LogP contribution < -0.4 is 0 Å². The first-order chi connectivity index (χ1) is 7.24. The van der Waals surface area contributed by atoms with Gasteiger partial charge in [0.05, 0.1) is 6.61 Å². The Morgan fingerprint density at radius 3 is 2.87 bits per heavy atom. The average molecular weight is 201 g/mol. The van der Waals surface area contributed by atoms with Crippen LogP contribution in [0.5, 0.6) is 0 Å². The van der Waals surface area contributed by atoms with Gasteiger partial charge in [-0.1, -0.05) is 36.3 Å². The van der Waals surface area contributed by atoms with Crippen molar-refractivity contribution in [2.24, 2.45) is 0 Å². The lowest BCUT2D eigenvalue weighted by atomic mass is 10.0. The lowest BCUT2D eigenvalue weighted by Gasteiger charge is -2.27. The molecule has 0 spiro atoms. The van der Waals surface area contributed by atoms with E-state index in [0.29, 0.717) is 13.3 Å². The maximum absolute atomic E-state index is 5.54. The number of hydrogen-bond acceptors (Lipinski definition) is 2. The highest BCUT2D eigenvalue weighted by atomic mass is 16.5. The molecule has 2 heteroatoms. The Kier molecular flexibility index (Phi) is 2.77. The predicted octanol–water partition coefficient (Wildman–Crippen LogP) is 1.87. The Labute approximate surface area is 90.9 Å².